The molecular weight excluding hydrogens is 300 g/mol. The van der Waals surface area contributed by atoms with Crippen LogP contribution >= 0.6 is 11.6 Å². The van der Waals surface area contributed by atoms with Crippen LogP contribution in [0.1, 0.15) is 37.6 Å². The topological polar surface area (TPSA) is 41.6 Å². The molecule has 1 amide bonds. The zero-order valence-corrected chi connectivity index (χ0v) is 14.5. The Labute approximate surface area is 138 Å². The van der Waals surface area contributed by atoms with Crippen molar-refractivity contribution in [2.45, 2.75) is 32.1 Å². The minimum Gasteiger partial charge on any atom is -0.497 e. The van der Waals surface area contributed by atoms with Crippen molar-refractivity contribution in [1.29, 1.82) is 0 Å². The van der Waals surface area contributed by atoms with Crippen molar-refractivity contribution in [1.82, 2.24) is 10.2 Å². The molecule has 22 heavy (non-hydrogen) atoms. The van der Waals surface area contributed by atoms with Gasteiger partial charge in [0.1, 0.15) is 11.1 Å². The van der Waals surface area contributed by atoms with Gasteiger partial charge in [-0.25, -0.2) is 0 Å². The van der Waals surface area contributed by atoms with Crippen LogP contribution in [0.2, 0.25) is 0 Å². The summed E-state index contributed by atoms with van der Waals surface area (Å²) in [5.41, 5.74) is 0.777. The fourth-order valence-corrected chi connectivity index (χ4v) is 2.54. The molecule has 0 fully saturated rings. The largest absolute Gasteiger partial charge is 0.497 e. The number of carbonyl (C=O) groups excluding carboxylic acids is 1. The first kappa shape index (κ1) is 18.8. The molecule has 0 saturated heterocycles. The summed E-state index contributed by atoms with van der Waals surface area (Å²) in [6.07, 6.45) is 2.25. The summed E-state index contributed by atoms with van der Waals surface area (Å²) in [5.74, 6) is 0.600. The summed E-state index contributed by atoms with van der Waals surface area (Å²) in [5, 5.41) is 2.24. The van der Waals surface area contributed by atoms with Gasteiger partial charge in [0, 0.05) is 13.1 Å². The molecule has 0 radical (unpaired) electrons. The van der Waals surface area contributed by atoms with E-state index in [0.29, 0.717) is 6.54 Å². The zero-order valence-electron chi connectivity index (χ0n) is 13.8. The van der Waals surface area contributed by atoms with Crippen LogP contribution in [-0.2, 0) is 4.79 Å². The summed E-state index contributed by atoms with van der Waals surface area (Å²) in [6.45, 7) is 7.94. The molecule has 0 aliphatic carbocycles. The van der Waals surface area contributed by atoms with Crippen molar-refractivity contribution < 1.29 is 9.53 Å². The third-order valence-corrected chi connectivity index (χ3v) is 3.90. The molecule has 0 aliphatic rings. The Hall–Kier alpha value is -1.26. The average molecular weight is 327 g/mol. The van der Waals surface area contributed by atoms with Crippen LogP contribution < -0.4 is 10.1 Å². The van der Waals surface area contributed by atoms with Gasteiger partial charge in [0.2, 0.25) is 5.91 Å². The molecule has 1 aromatic carbocycles. The highest BCUT2D eigenvalue weighted by atomic mass is 35.5. The second-order valence-corrected chi connectivity index (χ2v) is 5.70. The number of hydrogen-bond acceptors (Lipinski definition) is 3. The lowest BCUT2D eigenvalue weighted by Gasteiger charge is -2.21. The van der Waals surface area contributed by atoms with Crippen LogP contribution in [0.4, 0.5) is 0 Å². The Kier molecular flexibility index (Phi) is 8.94. The molecule has 1 rings (SSSR count). The van der Waals surface area contributed by atoms with E-state index in [2.05, 4.69) is 24.1 Å². The summed E-state index contributed by atoms with van der Waals surface area (Å²) in [7, 11) is 1.61. The van der Waals surface area contributed by atoms with Crippen LogP contribution in [0.5, 0.6) is 5.75 Å². The number of alkyl halides is 1. The molecule has 1 atom stereocenters. The van der Waals surface area contributed by atoms with E-state index in [9.17, 15) is 4.79 Å². The molecule has 1 aromatic rings. The van der Waals surface area contributed by atoms with Crippen LogP contribution in [0, 0.1) is 0 Å². The molecule has 0 spiro atoms. The predicted octanol–water partition coefficient (Wildman–Crippen LogP) is 3.21. The van der Waals surface area contributed by atoms with Gasteiger partial charge >= 0.3 is 0 Å². The van der Waals surface area contributed by atoms with Crippen LogP contribution in [0.3, 0.4) is 0 Å². The van der Waals surface area contributed by atoms with Gasteiger partial charge in [0.25, 0.3) is 0 Å². The number of nitrogens with one attached hydrogen (secondary N) is 1. The van der Waals surface area contributed by atoms with Crippen LogP contribution in [0.15, 0.2) is 24.3 Å². The molecule has 5 heteroatoms. The van der Waals surface area contributed by atoms with E-state index in [1.54, 1.807) is 7.11 Å². The molecule has 0 aromatic heterocycles. The molecule has 0 heterocycles. The number of halogens is 1. The summed E-state index contributed by atoms with van der Waals surface area (Å²) < 4.78 is 5.10. The third-order valence-electron chi connectivity index (χ3n) is 3.45. The Balaban J connectivity index is 2.42. The number of methoxy groups -OCH3 is 1. The third kappa shape index (κ3) is 6.24. The van der Waals surface area contributed by atoms with E-state index in [1.165, 1.54) is 0 Å². The second-order valence-electron chi connectivity index (χ2n) is 5.27. The van der Waals surface area contributed by atoms with Crippen molar-refractivity contribution in [2.75, 3.05) is 33.3 Å². The molecule has 0 saturated carbocycles. The molecule has 1 N–H and O–H groups in total. The Morgan fingerprint density at radius 1 is 1.18 bits per heavy atom. The second kappa shape index (κ2) is 10.5. The number of benzene rings is 1. The van der Waals surface area contributed by atoms with Crippen molar-refractivity contribution in [3.8, 4) is 5.75 Å². The predicted molar refractivity (Wildman–Crippen MR) is 91.6 cm³/mol. The quantitative estimate of drug-likeness (QED) is 0.671. The first-order valence-electron chi connectivity index (χ1n) is 7.90. The molecular formula is C17H27ClN2O2. The number of ether oxygens (including phenoxy) is 1. The fraction of sp³-hybridized carbons (Fsp3) is 0.588. The first-order chi connectivity index (χ1) is 10.6. The summed E-state index contributed by atoms with van der Waals surface area (Å²) in [6, 6.07) is 7.25. The molecule has 4 nitrogen and oxygen atoms in total. The monoisotopic (exact) mass is 326 g/mol. The number of hydrogen-bond donors (Lipinski definition) is 1. The van der Waals surface area contributed by atoms with Gasteiger partial charge in [-0.2, -0.15) is 0 Å². The number of nitrogens with zero attached hydrogens (tertiary/aromatic N) is 1. The minimum absolute atomic E-state index is 0.153. The maximum atomic E-state index is 12.1. The number of amides is 1. The van der Waals surface area contributed by atoms with Crippen LogP contribution in [-0.4, -0.2) is 44.1 Å². The Morgan fingerprint density at radius 3 is 2.27 bits per heavy atom. The van der Waals surface area contributed by atoms with E-state index < -0.39 is 5.38 Å². The number of rotatable bonds is 10. The zero-order chi connectivity index (χ0) is 16.4. The molecule has 1 unspecified atom stereocenters. The van der Waals surface area contributed by atoms with Gasteiger partial charge in [0.05, 0.1) is 7.11 Å². The number of carbonyl (C=O) groups is 1. The van der Waals surface area contributed by atoms with Gasteiger partial charge in [-0.3, -0.25) is 4.79 Å². The maximum Gasteiger partial charge on any atom is 0.242 e. The van der Waals surface area contributed by atoms with Crippen LogP contribution in [0.25, 0.3) is 0 Å². The lowest BCUT2D eigenvalue weighted by atomic mass is 10.1. The highest BCUT2D eigenvalue weighted by Gasteiger charge is 2.17. The highest BCUT2D eigenvalue weighted by molar-refractivity contribution is 6.30. The normalized spacial score (nSPS) is 12.2. The van der Waals surface area contributed by atoms with Crippen molar-refractivity contribution in [3.05, 3.63) is 29.8 Å². The van der Waals surface area contributed by atoms with E-state index in [-0.39, 0.29) is 5.91 Å². The SMILES string of the molecule is CCCN(CCC)CCNC(=O)C(Cl)c1ccc(OC)cc1. The standard InChI is InChI=1S/C17H27ClN2O2/c1-4-11-20(12-5-2)13-10-19-17(21)16(18)14-6-8-15(22-3)9-7-14/h6-9,16H,4-5,10-13H2,1-3H3,(H,19,21). The average Bonchev–Trinajstić information content (AvgIpc) is 2.54. The Morgan fingerprint density at radius 2 is 1.77 bits per heavy atom. The van der Waals surface area contributed by atoms with Crippen molar-refractivity contribution >= 4 is 17.5 Å². The lowest BCUT2D eigenvalue weighted by Crippen LogP contribution is -2.37. The smallest absolute Gasteiger partial charge is 0.242 e. The molecule has 124 valence electrons. The van der Waals surface area contributed by atoms with Gasteiger partial charge in [-0.15, -0.1) is 11.6 Å². The highest BCUT2D eigenvalue weighted by Crippen LogP contribution is 2.22. The summed E-state index contributed by atoms with van der Waals surface area (Å²) in [4.78, 5) is 14.5. The molecule has 0 aliphatic heterocycles. The minimum atomic E-state index is -0.670. The lowest BCUT2D eigenvalue weighted by molar-refractivity contribution is -0.120. The fourth-order valence-electron chi connectivity index (χ4n) is 2.32. The van der Waals surface area contributed by atoms with Crippen molar-refractivity contribution in [2.24, 2.45) is 0 Å². The molecule has 0 bridgehead atoms. The van der Waals surface area contributed by atoms with Gasteiger partial charge < -0.3 is 15.0 Å². The van der Waals surface area contributed by atoms with Gasteiger partial charge in [-0.05, 0) is 43.6 Å². The van der Waals surface area contributed by atoms with Gasteiger partial charge in [0.15, 0.2) is 0 Å². The van der Waals surface area contributed by atoms with Gasteiger partial charge in [-0.1, -0.05) is 26.0 Å². The van der Waals surface area contributed by atoms with E-state index in [1.807, 2.05) is 24.3 Å². The van der Waals surface area contributed by atoms with Crippen molar-refractivity contribution in [3.63, 3.8) is 0 Å². The maximum absolute atomic E-state index is 12.1. The first-order valence-corrected chi connectivity index (χ1v) is 8.34. The Bertz CT molecular complexity index is 431. The van der Waals surface area contributed by atoms with E-state index >= 15 is 0 Å². The van der Waals surface area contributed by atoms with E-state index in [4.69, 9.17) is 16.3 Å². The van der Waals surface area contributed by atoms with E-state index in [0.717, 1.165) is 43.8 Å². The summed E-state index contributed by atoms with van der Waals surface area (Å²) >= 11 is 6.22.